The van der Waals surface area contributed by atoms with Crippen LogP contribution in [0.5, 0.6) is 0 Å². The van der Waals surface area contributed by atoms with Gasteiger partial charge < -0.3 is 14.8 Å². The van der Waals surface area contributed by atoms with Crippen LogP contribution in [-0.4, -0.2) is 28.1 Å². The lowest BCUT2D eigenvalue weighted by Gasteiger charge is -2.28. The molecular weight excluding hydrogens is 220 g/mol. The number of hydrogen-bond acceptors (Lipinski definition) is 4. The van der Waals surface area contributed by atoms with Gasteiger partial charge in [0.2, 0.25) is 5.76 Å². The summed E-state index contributed by atoms with van der Waals surface area (Å²) in [6.07, 6.45) is 1.26. The molecule has 0 aliphatic carbocycles. The van der Waals surface area contributed by atoms with Crippen molar-refractivity contribution in [1.29, 1.82) is 0 Å². The van der Waals surface area contributed by atoms with Crippen LogP contribution in [-0.2, 0) is 0 Å². The first-order chi connectivity index (χ1) is 7.91. The van der Waals surface area contributed by atoms with Crippen molar-refractivity contribution in [2.75, 3.05) is 6.61 Å². The van der Waals surface area contributed by atoms with Crippen LogP contribution < -0.4 is 5.32 Å². The molecule has 0 saturated carbocycles. The summed E-state index contributed by atoms with van der Waals surface area (Å²) >= 11 is 0. The molecule has 5 heteroatoms. The van der Waals surface area contributed by atoms with Crippen LogP contribution in [0.15, 0.2) is 4.42 Å². The second-order valence-corrected chi connectivity index (χ2v) is 4.49. The van der Waals surface area contributed by atoms with Gasteiger partial charge >= 0.3 is 0 Å². The number of aromatic nitrogens is 1. The van der Waals surface area contributed by atoms with Gasteiger partial charge in [-0.3, -0.25) is 4.79 Å². The van der Waals surface area contributed by atoms with E-state index in [0.29, 0.717) is 18.0 Å². The molecule has 0 aliphatic heterocycles. The van der Waals surface area contributed by atoms with Crippen LogP contribution in [0.1, 0.15) is 48.8 Å². The zero-order valence-corrected chi connectivity index (χ0v) is 10.8. The fourth-order valence-electron chi connectivity index (χ4n) is 1.65. The smallest absolute Gasteiger partial charge is 0.289 e. The first-order valence-electron chi connectivity index (χ1n) is 5.79. The number of amides is 1. The predicted molar refractivity (Wildman–Crippen MR) is 63.8 cm³/mol. The average molecular weight is 240 g/mol. The number of nitrogens with zero attached hydrogens (tertiary/aromatic N) is 1. The van der Waals surface area contributed by atoms with Gasteiger partial charge in [-0.1, -0.05) is 6.92 Å². The minimum Gasteiger partial charge on any atom is -0.436 e. The van der Waals surface area contributed by atoms with Crippen LogP contribution in [0.4, 0.5) is 0 Å². The van der Waals surface area contributed by atoms with Gasteiger partial charge in [-0.25, -0.2) is 4.98 Å². The summed E-state index contributed by atoms with van der Waals surface area (Å²) in [5.41, 5.74) is 0.168. The molecule has 1 aromatic rings. The van der Waals surface area contributed by atoms with Crippen LogP contribution in [0, 0.1) is 13.8 Å². The third-order valence-corrected chi connectivity index (χ3v) is 2.97. The molecule has 1 amide bonds. The average Bonchev–Trinajstić information content (AvgIpc) is 2.58. The summed E-state index contributed by atoms with van der Waals surface area (Å²) in [5, 5.41) is 11.9. The second-order valence-electron chi connectivity index (χ2n) is 4.49. The molecule has 0 aromatic carbocycles. The SMILES string of the molecule is CCC(C)(CCO)NC(=O)c1oc(C)nc1C. The van der Waals surface area contributed by atoms with Crippen molar-refractivity contribution in [1.82, 2.24) is 10.3 Å². The molecule has 1 aromatic heterocycles. The molecule has 1 atom stereocenters. The van der Waals surface area contributed by atoms with Gasteiger partial charge in [0.25, 0.3) is 5.91 Å². The van der Waals surface area contributed by atoms with E-state index in [9.17, 15) is 4.79 Å². The van der Waals surface area contributed by atoms with Crippen molar-refractivity contribution in [2.24, 2.45) is 0 Å². The highest BCUT2D eigenvalue weighted by Gasteiger charge is 2.26. The van der Waals surface area contributed by atoms with Crippen LogP contribution >= 0.6 is 0 Å². The highest BCUT2D eigenvalue weighted by Crippen LogP contribution is 2.16. The van der Waals surface area contributed by atoms with Crippen LogP contribution in [0.3, 0.4) is 0 Å². The Morgan fingerprint density at radius 3 is 2.59 bits per heavy atom. The summed E-state index contributed by atoms with van der Waals surface area (Å²) in [6, 6.07) is 0. The summed E-state index contributed by atoms with van der Waals surface area (Å²) in [6.45, 7) is 7.35. The molecule has 1 rings (SSSR count). The zero-order valence-electron chi connectivity index (χ0n) is 10.8. The molecule has 0 radical (unpaired) electrons. The molecule has 5 nitrogen and oxygen atoms in total. The van der Waals surface area contributed by atoms with E-state index >= 15 is 0 Å². The van der Waals surface area contributed by atoms with E-state index in [1.54, 1.807) is 13.8 Å². The highest BCUT2D eigenvalue weighted by molar-refractivity contribution is 5.92. The van der Waals surface area contributed by atoms with E-state index in [0.717, 1.165) is 6.42 Å². The third kappa shape index (κ3) is 3.30. The lowest BCUT2D eigenvalue weighted by molar-refractivity contribution is 0.0855. The normalized spacial score (nSPS) is 14.4. The van der Waals surface area contributed by atoms with Gasteiger partial charge in [0.15, 0.2) is 5.89 Å². The topological polar surface area (TPSA) is 75.4 Å². The molecule has 0 fully saturated rings. The maximum Gasteiger partial charge on any atom is 0.289 e. The summed E-state index contributed by atoms with van der Waals surface area (Å²) < 4.78 is 5.26. The van der Waals surface area contributed by atoms with Gasteiger partial charge in [0.05, 0.1) is 5.69 Å². The van der Waals surface area contributed by atoms with Gasteiger partial charge in [-0.2, -0.15) is 0 Å². The number of oxazole rings is 1. The molecule has 1 unspecified atom stereocenters. The molecule has 0 aliphatic rings. The van der Waals surface area contributed by atoms with Gasteiger partial charge in [0, 0.05) is 19.1 Å². The Morgan fingerprint density at radius 2 is 2.18 bits per heavy atom. The molecule has 2 N–H and O–H groups in total. The Balaban J connectivity index is 2.81. The van der Waals surface area contributed by atoms with Crippen molar-refractivity contribution in [3.05, 3.63) is 17.3 Å². The fourth-order valence-corrected chi connectivity index (χ4v) is 1.65. The monoisotopic (exact) mass is 240 g/mol. The minimum absolute atomic E-state index is 0.0407. The fraction of sp³-hybridized carbons (Fsp3) is 0.667. The molecule has 17 heavy (non-hydrogen) atoms. The Hall–Kier alpha value is -1.36. The number of carbonyl (C=O) groups is 1. The number of hydrogen-bond donors (Lipinski definition) is 2. The van der Waals surface area contributed by atoms with Crippen molar-refractivity contribution >= 4 is 5.91 Å². The van der Waals surface area contributed by atoms with Crippen molar-refractivity contribution in [3.8, 4) is 0 Å². The maximum absolute atomic E-state index is 12.0. The van der Waals surface area contributed by atoms with Crippen molar-refractivity contribution in [3.63, 3.8) is 0 Å². The zero-order chi connectivity index (χ0) is 13.1. The summed E-state index contributed by atoms with van der Waals surface area (Å²) in [7, 11) is 0. The maximum atomic E-state index is 12.0. The van der Waals surface area contributed by atoms with Gasteiger partial charge in [-0.05, 0) is 26.7 Å². The Kier molecular flexibility index (Phi) is 4.28. The Morgan fingerprint density at radius 1 is 1.53 bits per heavy atom. The molecule has 96 valence electrons. The van der Waals surface area contributed by atoms with E-state index in [-0.39, 0.29) is 18.3 Å². The van der Waals surface area contributed by atoms with Crippen LogP contribution in [0.2, 0.25) is 0 Å². The number of aliphatic hydroxyl groups excluding tert-OH is 1. The number of aryl methyl sites for hydroxylation is 2. The summed E-state index contributed by atoms with van der Waals surface area (Å²) in [5.74, 6) is 0.453. The Bertz CT molecular complexity index is 400. The van der Waals surface area contributed by atoms with E-state index in [4.69, 9.17) is 9.52 Å². The van der Waals surface area contributed by atoms with Crippen LogP contribution in [0.25, 0.3) is 0 Å². The molecule has 0 bridgehead atoms. The highest BCUT2D eigenvalue weighted by atomic mass is 16.4. The first-order valence-corrected chi connectivity index (χ1v) is 5.79. The number of aliphatic hydroxyl groups is 1. The molecule has 1 heterocycles. The third-order valence-electron chi connectivity index (χ3n) is 2.97. The second kappa shape index (κ2) is 5.31. The van der Waals surface area contributed by atoms with E-state index in [2.05, 4.69) is 10.3 Å². The molecule has 0 spiro atoms. The van der Waals surface area contributed by atoms with Gasteiger partial charge in [-0.15, -0.1) is 0 Å². The molecule has 0 saturated heterocycles. The van der Waals surface area contributed by atoms with Crippen molar-refractivity contribution < 1.29 is 14.3 Å². The van der Waals surface area contributed by atoms with E-state index < -0.39 is 5.54 Å². The van der Waals surface area contributed by atoms with E-state index in [1.165, 1.54) is 0 Å². The number of carbonyl (C=O) groups excluding carboxylic acids is 1. The number of nitrogens with one attached hydrogen (secondary N) is 1. The number of rotatable bonds is 5. The summed E-state index contributed by atoms with van der Waals surface area (Å²) in [4.78, 5) is 16.1. The van der Waals surface area contributed by atoms with Crippen molar-refractivity contribution in [2.45, 2.75) is 46.1 Å². The first kappa shape index (κ1) is 13.7. The minimum atomic E-state index is -0.418. The Labute approximate surface area is 101 Å². The lowest BCUT2D eigenvalue weighted by atomic mass is 9.95. The standard InChI is InChI=1S/C12H20N2O3/c1-5-12(4,6-7-15)14-11(16)10-8(2)13-9(3)17-10/h15H,5-7H2,1-4H3,(H,14,16). The largest absolute Gasteiger partial charge is 0.436 e. The van der Waals surface area contributed by atoms with E-state index in [1.807, 2.05) is 13.8 Å². The van der Waals surface area contributed by atoms with Gasteiger partial charge in [0.1, 0.15) is 0 Å². The lowest BCUT2D eigenvalue weighted by Crippen LogP contribution is -2.46. The molecular formula is C12H20N2O3. The quantitative estimate of drug-likeness (QED) is 0.819. The predicted octanol–water partition coefficient (Wildman–Crippen LogP) is 1.57.